The summed E-state index contributed by atoms with van der Waals surface area (Å²) in [5.41, 5.74) is 2.56. The Labute approximate surface area is 174 Å². The molecule has 0 bridgehead atoms. The molecule has 0 aliphatic heterocycles. The van der Waals surface area contributed by atoms with Gasteiger partial charge in [-0.25, -0.2) is 14.4 Å². The number of halogens is 1. The van der Waals surface area contributed by atoms with Crippen LogP contribution in [-0.2, 0) is 0 Å². The fourth-order valence-electron chi connectivity index (χ4n) is 3.13. The first-order chi connectivity index (χ1) is 14.0. The van der Waals surface area contributed by atoms with E-state index >= 15 is 0 Å². The van der Waals surface area contributed by atoms with Gasteiger partial charge in [0.1, 0.15) is 5.52 Å². The highest BCUT2D eigenvalue weighted by Crippen LogP contribution is 2.20. The second-order valence-electron chi connectivity index (χ2n) is 6.22. The highest BCUT2D eigenvalue weighted by atomic mass is 79.9. The van der Waals surface area contributed by atoms with Gasteiger partial charge in [-0.1, -0.05) is 11.3 Å². The van der Waals surface area contributed by atoms with Crippen LogP contribution in [0.25, 0.3) is 27.9 Å². The first-order valence-corrected chi connectivity index (χ1v) is 10.0. The number of nitro benzene ring substituents is 1. The number of benzene rings is 1. The molecule has 8 nitrogen and oxygen atoms in total. The number of aromatic nitrogens is 4. The molecule has 4 aromatic heterocycles. The van der Waals surface area contributed by atoms with Crippen molar-refractivity contribution in [2.75, 3.05) is 0 Å². The van der Waals surface area contributed by atoms with E-state index in [2.05, 4.69) is 25.9 Å². The number of hydrogen-bond acceptors (Lipinski definition) is 6. The Morgan fingerprint density at radius 1 is 1.21 bits per heavy atom. The van der Waals surface area contributed by atoms with E-state index in [4.69, 9.17) is 0 Å². The van der Waals surface area contributed by atoms with E-state index in [9.17, 15) is 14.9 Å². The lowest BCUT2D eigenvalue weighted by Gasteiger charge is -2.05. The molecule has 0 aliphatic rings. The van der Waals surface area contributed by atoms with E-state index in [1.165, 1.54) is 27.9 Å². The van der Waals surface area contributed by atoms with Gasteiger partial charge in [0.25, 0.3) is 11.2 Å². The van der Waals surface area contributed by atoms with Gasteiger partial charge in [-0.05, 0) is 52.3 Å². The van der Waals surface area contributed by atoms with Gasteiger partial charge in [-0.15, -0.1) is 0 Å². The Morgan fingerprint density at radius 3 is 2.76 bits per heavy atom. The van der Waals surface area contributed by atoms with Gasteiger partial charge in [-0.3, -0.25) is 14.9 Å². The van der Waals surface area contributed by atoms with Crippen LogP contribution in [0.1, 0.15) is 5.69 Å². The van der Waals surface area contributed by atoms with Crippen LogP contribution in [0, 0.1) is 10.1 Å². The largest absolute Gasteiger partial charge is 0.317 e. The quantitative estimate of drug-likeness (QED) is 0.299. The third-order valence-electron chi connectivity index (χ3n) is 4.45. The maximum Gasteiger partial charge on any atom is 0.276 e. The summed E-state index contributed by atoms with van der Waals surface area (Å²) >= 11 is 4.65. The van der Waals surface area contributed by atoms with Crippen LogP contribution in [0.5, 0.6) is 0 Å². The molecule has 0 unspecified atom stereocenters. The number of non-ortho nitro benzene ring substituents is 1. The lowest BCUT2D eigenvalue weighted by Crippen LogP contribution is -2.23. The molecular weight excluding hydrogens is 458 g/mol. The standard InChI is InChI=1S/C19H10BrN5O3S/c20-11-8-15-17(21-10-11)24-18(26)16(29-19(24)22-15)9-14-2-1-7-23(14)12-3-5-13(6-4-12)25(27)28/h1-10H. The summed E-state index contributed by atoms with van der Waals surface area (Å²) in [4.78, 5) is 32.8. The molecule has 0 fully saturated rings. The number of rotatable bonds is 3. The molecule has 142 valence electrons. The molecule has 0 amide bonds. The van der Waals surface area contributed by atoms with Gasteiger partial charge in [0.2, 0.25) is 0 Å². The summed E-state index contributed by atoms with van der Waals surface area (Å²) in [6, 6.07) is 11.8. The number of nitrogens with zero attached hydrogens (tertiary/aromatic N) is 5. The number of thiazole rings is 1. The molecule has 10 heteroatoms. The molecule has 0 aliphatic carbocycles. The summed E-state index contributed by atoms with van der Waals surface area (Å²) in [5.74, 6) is 0. The molecule has 0 spiro atoms. The zero-order valence-corrected chi connectivity index (χ0v) is 16.9. The average Bonchev–Trinajstić information content (AvgIpc) is 3.37. The molecule has 29 heavy (non-hydrogen) atoms. The second-order valence-corrected chi connectivity index (χ2v) is 8.14. The van der Waals surface area contributed by atoms with Gasteiger partial charge in [0, 0.05) is 40.4 Å². The van der Waals surface area contributed by atoms with E-state index in [1.54, 1.807) is 24.4 Å². The normalized spacial score (nSPS) is 12.2. The summed E-state index contributed by atoms with van der Waals surface area (Å²) < 4.78 is 4.70. The van der Waals surface area contributed by atoms with E-state index in [0.29, 0.717) is 20.7 Å². The minimum atomic E-state index is -0.436. The van der Waals surface area contributed by atoms with Crippen LogP contribution in [-0.4, -0.2) is 23.9 Å². The van der Waals surface area contributed by atoms with Crippen LogP contribution in [0.15, 0.2) is 64.1 Å². The van der Waals surface area contributed by atoms with Crippen molar-refractivity contribution in [3.63, 3.8) is 0 Å². The Bertz CT molecular complexity index is 1520. The monoisotopic (exact) mass is 467 g/mol. The fraction of sp³-hybridized carbons (Fsp3) is 0. The van der Waals surface area contributed by atoms with E-state index in [0.717, 1.165) is 15.9 Å². The number of hydrogen-bond donors (Lipinski definition) is 0. The predicted octanol–water partition coefficient (Wildman–Crippen LogP) is 3.31. The van der Waals surface area contributed by atoms with Crippen molar-refractivity contribution >= 4 is 55.2 Å². The van der Waals surface area contributed by atoms with Crippen LogP contribution in [0.4, 0.5) is 5.69 Å². The second kappa shape index (κ2) is 6.61. The van der Waals surface area contributed by atoms with E-state index in [1.807, 2.05) is 29.0 Å². The zero-order chi connectivity index (χ0) is 20.1. The first-order valence-electron chi connectivity index (χ1n) is 8.42. The van der Waals surface area contributed by atoms with Crippen LogP contribution in [0.2, 0.25) is 0 Å². The Balaban J connectivity index is 1.64. The number of fused-ring (bicyclic) bond motifs is 3. The van der Waals surface area contributed by atoms with Crippen molar-refractivity contribution in [1.82, 2.24) is 18.9 Å². The molecule has 5 rings (SSSR count). The molecule has 0 radical (unpaired) electrons. The zero-order valence-electron chi connectivity index (χ0n) is 14.5. The minimum Gasteiger partial charge on any atom is -0.317 e. The molecule has 1 aromatic carbocycles. The van der Waals surface area contributed by atoms with Gasteiger partial charge in [-0.2, -0.15) is 0 Å². The van der Waals surface area contributed by atoms with Gasteiger partial charge in [0.05, 0.1) is 9.46 Å². The summed E-state index contributed by atoms with van der Waals surface area (Å²) in [5, 5.41) is 10.9. The van der Waals surface area contributed by atoms with Crippen molar-refractivity contribution < 1.29 is 4.92 Å². The third-order valence-corrected chi connectivity index (χ3v) is 5.85. The first kappa shape index (κ1) is 17.7. The summed E-state index contributed by atoms with van der Waals surface area (Å²) in [6.45, 7) is 0. The topological polar surface area (TPSA) is 95.3 Å². The molecule has 0 saturated carbocycles. The lowest BCUT2D eigenvalue weighted by molar-refractivity contribution is -0.384. The molecule has 0 N–H and O–H groups in total. The SMILES string of the molecule is O=c1c(=Cc2cccn2-c2ccc([N+](=O)[O-])cc2)sc2nc3cc(Br)cnc3n12. The summed E-state index contributed by atoms with van der Waals surface area (Å²) in [6.07, 6.45) is 5.26. The maximum absolute atomic E-state index is 12.9. The average molecular weight is 468 g/mol. The minimum absolute atomic E-state index is 0.0266. The Hall–Kier alpha value is -3.37. The van der Waals surface area contributed by atoms with Crippen molar-refractivity contribution in [3.8, 4) is 5.69 Å². The molecular formula is C19H10BrN5O3S. The van der Waals surface area contributed by atoms with Crippen molar-refractivity contribution in [1.29, 1.82) is 0 Å². The smallest absolute Gasteiger partial charge is 0.276 e. The van der Waals surface area contributed by atoms with Crippen molar-refractivity contribution in [3.05, 3.63) is 90.0 Å². The molecule has 0 saturated heterocycles. The summed E-state index contributed by atoms with van der Waals surface area (Å²) in [7, 11) is 0. The van der Waals surface area contributed by atoms with Crippen LogP contribution >= 0.6 is 27.3 Å². The predicted molar refractivity (Wildman–Crippen MR) is 114 cm³/mol. The van der Waals surface area contributed by atoms with Crippen LogP contribution < -0.4 is 10.1 Å². The van der Waals surface area contributed by atoms with Gasteiger partial charge in [0.15, 0.2) is 10.6 Å². The lowest BCUT2D eigenvalue weighted by atomic mass is 10.2. The highest BCUT2D eigenvalue weighted by Gasteiger charge is 2.13. The maximum atomic E-state index is 12.9. The molecule has 0 atom stereocenters. The van der Waals surface area contributed by atoms with Gasteiger partial charge >= 0.3 is 0 Å². The van der Waals surface area contributed by atoms with Crippen molar-refractivity contribution in [2.24, 2.45) is 0 Å². The molecule has 5 aromatic rings. The number of imidazole rings is 1. The number of pyridine rings is 1. The van der Waals surface area contributed by atoms with Gasteiger partial charge < -0.3 is 4.57 Å². The molecule has 4 heterocycles. The van der Waals surface area contributed by atoms with E-state index < -0.39 is 4.92 Å². The third kappa shape index (κ3) is 2.93. The number of nitro groups is 1. The Morgan fingerprint density at radius 2 is 2.00 bits per heavy atom. The fourth-order valence-corrected chi connectivity index (χ4v) is 4.41. The van der Waals surface area contributed by atoms with E-state index in [-0.39, 0.29) is 11.2 Å². The van der Waals surface area contributed by atoms with Crippen LogP contribution in [0.3, 0.4) is 0 Å². The van der Waals surface area contributed by atoms with Crippen molar-refractivity contribution in [2.45, 2.75) is 0 Å². The highest BCUT2D eigenvalue weighted by molar-refractivity contribution is 9.10. The Kier molecular flexibility index (Phi) is 4.03.